The van der Waals surface area contributed by atoms with Gasteiger partial charge in [-0.05, 0) is 18.6 Å². The molecule has 2 heterocycles. The summed E-state index contributed by atoms with van der Waals surface area (Å²) in [6.07, 6.45) is 1.67. The monoisotopic (exact) mass is 251 g/mol. The predicted octanol–water partition coefficient (Wildman–Crippen LogP) is -0.234. The summed E-state index contributed by atoms with van der Waals surface area (Å²) in [6.45, 7) is 1.04. The average molecular weight is 251 g/mol. The van der Waals surface area contributed by atoms with Crippen LogP contribution in [0.1, 0.15) is 16.8 Å². The fourth-order valence-corrected chi connectivity index (χ4v) is 2.06. The summed E-state index contributed by atoms with van der Waals surface area (Å²) in [6, 6.07) is 3.13. The van der Waals surface area contributed by atoms with Crippen LogP contribution in [0.25, 0.3) is 0 Å². The van der Waals surface area contributed by atoms with E-state index in [1.807, 2.05) is 4.90 Å². The van der Waals surface area contributed by atoms with E-state index in [0.29, 0.717) is 30.9 Å². The summed E-state index contributed by atoms with van der Waals surface area (Å²) < 4.78 is 4.72. The molecule has 1 aliphatic heterocycles. The number of methoxy groups -OCH3 is 1. The van der Waals surface area contributed by atoms with Crippen LogP contribution in [0, 0.1) is 0 Å². The second kappa shape index (κ2) is 5.32. The molecule has 6 nitrogen and oxygen atoms in total. The zero-order chi connectivity index (χ0) is 13.1. The Morgan fingerprint density at radius 3 is 3.11 bits per heavy atom. The highest BCUT2D eigenvalue weighted by atomic mass is 16.5. The van der Waals surface area contributed by atoms with E-state index in [2.05, 4.69) is 4.98 Å². The van der Waals surface area contributed by atoms with Gasteiger partial charge in [0.2, 0.25) is 0 Å². The Balaban J connectivity index is 2.25. The number of β-amino-alcohol motifs (C(OH)–C–C–N with tert-alkyl or cyclic N) is 1. The minimum absolute atomic E-state index is 0.216. The van der Waals surface area contributed by atoms with E-state index in [0.717, 1.165) is 0 Å². The molecule has 1 aliphatic rings. The number of hydrogen-bond donors (Lipinski definition) is 2. The van der Waals surface area contributed by atoms with Gasteiger partial charge in [0.25, 0.3) is 0 Å². The van der Waals surface area contributed by atoms with E-state index in [1.54, 1.807) is 18.3 Å². The number of aliphatic hydroxyl groups is 1. The Bertz CT molecular complexity index is 438. The van der Waals surface area contributed by atoms with E-state index in [4.69, 9.17) is 10.5 Å². The molecule has 1 aromatic rings. The first-order valence-corrected chi connectivity index (χ1v) is 5.85. The number of carbonyl (C=O) groups is 1. The molecule has 0 spiro atoms. The maximum atomic E-state index is 11.6. The number of rotatable bonds is 2. The number of pyridine rings is 1. The predicted molar refractivity (Wildman–Crippen MR) is 66.4 cm³/mol. The molecule has 1 fully saturated rings. The van der Waals surface area contributed by atoms with Gasteiger partial charge in [0.15, 0.2) is 0 Å². The highest BCUT2D eigenvalue weighted by Crippen LogP contribution is 2.22. The number of ether oxygens (including phenoxy) is 1. The molecule has 0 aromatic carbocycles. The highest BCUT2D eigenvalue weighted by Gasteiger charge is 2.28. The number of nitrogens with two attached hydrogens (primary N) is 1. The van der Waals surface area contributed by atoms with Crippen LogP contribution < -0.4 is 10.6 Å². The molecule has 0 aliphatic carbocycles. The van der Waals surface area contributed by atoms with Gasteiger partial charge in [-0.25, -0.2) is 9.78 Å². The van der Waals surface area contributed by atoms with Crippen molar-refractivity contribution in [3.8, 4) is 0 Å². The molecule has 0 bridgehead atoms. The van der Waals surface area contributed by atoms with Crippen LogP contribution in [0.2, 0.25) is 0 Å². The molecule has 2 atom stereocenters. The first-order valence-electron chi connectivity index (χ1n) is 5.85. The number of nitrogens with zero attached hydrogens (tertiary/aromatic N) is 2. The Kier molecular flexibility index (Phi) is 3.78. The largest absolute Gasteiger partial charge is 0.465 e. The van der Waals surface area contributed by atoms with E-state index < -0.39 is 12.1 Å². The molecule has 1 aromatic heterocycles. The SMILES string of the molecule is COC(=O)c1cccnc1N1CCC(N)C(O)C1. The first-order chi connectivity index (χ1) is 8.63. The van der Waals surface area contributed by atoms with Crippen molar-refractivity contribution in [2.75, 3.05) is 25.1 Å². The molecular weight excluding hydrogens is 234 g/mol. The molecule has 3 N–H and O–H groups in total. The number of anilines is 1. The van der Waals surface area contributed by atoms with Crippen molar-refractivity contribution >= 4 is 11.8 Å². The third-order valence-electron chi connectivity index (χ3n) is 3.13. The Morgan fingerprint density at radius 2 is 2.44 bits per heavy atom. The Hall–Kier alpha value is -1.66. The minimum atomic E-state index is -0.605. The summed E-state index contributed by atoms with van der Waals surface area (Å²) in [4.78, 5) is 17.7. The standard InChI is InChI=1S/C12H17N3O3/c1-18-12(17)8-3-2-5-14-11(8)15-6-4-9(13)10(16)7-15/h2-3,5,9-10,16H,4,6-7,13H2,1H3. The van der Waals surface area contributed by atoms with Gasteiger partial charge in [-0.3, -0.25) is 0 Å². The molecule has 0 saturated carbocycles. The Morgan fingerprint density at radius 1 is 1.67 bits per heavy atom. The second-order valence-electron chi connectivity index (χ2n) is 4.33. The summed E-state index contributed by atoms with van der Waals surface area (Å²) in [5.74, 6) is 0.109. The van der Waals surface area contributed by atoms with E-state index in [-0.39, 0.29) is 6.04 Å². The lowest BCUT2D eigenvalue weighted by Crippen LogP contribution is -2.51. The van der Waals surface area contributed by atoms with Crippen LogP contribution >= 0.6 is 0 Å². The van der Waals surface area contributed by atoms with Gasteiger partial charge < -0.3 is 20.5 Å². The summed E-state index contributed by atoms with van der Waals surface area (Å²) in [5, 5.41) is 9.79. The average Bonchev–Trinajstić information content (AvgIpc) is 2.41. The minimum Gasteiger partial charge on any atom is -0.465 e. The van der Waals surface area contributed by atoms with Crippen molar-refractivity contribution in [3.63, 3.8) is 0 Å². The van der Waals surface area contributed by atoms with Crippen LogP contribution in [-0.2, 0) is 4.74 Å². The molecule has 2 unspecified atom stereocenters. The zero-order valence-electron chi connectivity index (χ0n) is 10.2. The molecule has 1 saturated heterocycles. The number of aromatic nitrogens is 1. The van der Waals surface area contributed by atoms with Gasteiger partial charge in [0.1, 0.15) is 11.4 Å². The molecular formula is C12H17N3O3. The summed E-state index contributed by atoms with van der Waals surface area (Å²) in [7, 11) is 1.33. The van der Waals surface area contributed by atoms with Crippen LogP contribution in [0.4, 0.5) is 5.82 Å². The van der Waals surface area contributed by atoms with Crippen LogP contribution in [0.15, 0.2) is 18.3 Å². The quantitative estimate of drug-likeness (QED) is 0.706. The fraction of sp³-hybridized carbons (Fsp3) is 0.500. The van der Waals surface area contributed by atoms with Gasteiger partial charge in [0, 0.05) is 25.3 Å². The van der Waals surface area contributed by atoms with Crippen molar-refractivity contribution in [1.29, 1.82) is 0 Å². The molecule has 0 amide bonds. The smallest absolute Gasteiger partial charge is 0.341 e. The normalized spacial score (nSPS) is 23.8. The van der Waals surface area contributed by atoms with Gasteiger partial charge in [-0.1, -0.05) is 0 Å². The molecule has 2 rings (SSSR count). The molecule has 98 valence electrons. The van der Waals surface area contributed by atoms with E-state index >= 15 is 0 Å². The number of aliphatic hydroxyl groups excluding tert-OH is 1. The van der Waals surface area contributed by atoms with Crippen molar-refractivity contribution < 1.29 is 14.6 Å². The van der Waals surface area contributed by atoms with E-state index in [9.17, 15) is 9.90 Å². The van der Waals surface area contributed by atoms with Crippen molar-refractivity contribution in [3.05, 3.63) is 23.9 Å². The summed E-state index contributed by atoms with van der Waals surface area (Å²) >= 11 is 0. The maximum absolute atomic E-state index is 11.6. The number of esters is 1. The lowest BCUT2D eigenvalue weighted by atomic mass is 10.0. The lowest BCUT2D eigenvalue weighted by Gasteiger charge is -2.35. The zero-order valence-corrected chi connectivity index (χ0v) is 10.2. The molecule has 0 radical (unpaired) electrons. The third kappa shape index (κ3) is 2.44. The Labute approximate surface area is 105 Å². The van der Waals surface area contributed by atoms with Gasteiger partial charge >= 0.3 is 5.97 Å². The van der Waals surface area contributed by atoms with Crippen LogP contribution in [0.3, 0.4) is 0 Å². The van der Waals surface area contributed by atoms with Crippen LogP contribution in [-0.4, -0.2) is 48.4 Å². The van der Waals surface area contributed by atoms with Crippen molar-refractivity contribution in [1.82, 2.24) is 4.98 Å². The molecule has 6 heteroatoms. The van der Waals surface area contributed by atoms with Crippen molar-refractivity contribution in [2.24, 2.45) is 5.73 Å². The van der Waals surface area contributed by atoms with Gasteiger partial charge in [-0.15, -0.1) is 0 Å². The third-order valence-corrected chi connectivity index (χ3v) is 3.13. The van der Waals surface area contributed by atoms with Gasteiger partial charge in [-0.2, -0.15) is 0 Å². The second-order valence-corrected chi connectivity index (χ2v) is 4.33. The van der Waals surface area contributed by atoms with Gasteiger partial charge in [0.05, 0.1) is 13.2 Å². The first kappa shape index (κ1) is 12.8. The van der Waals surface area contributed by atoms with Crippen molar-refractivity contribution in [2.45, 2.75) is 18.6 Å². The highest BCUT2D eigenvalue weighted by molar-refractivity contribution is 5.94. The fourth-order valence-electron chi connectivity index (χ4n) is 2.06. The van der Waals surface area contributed by atoms with Crippen LogP contribution in [0.5, 0.6) is 0 Å². The molecule has 18 heavy (non-hydrogen) atoms. The number of hydrogen-bond acceptors (Lipinski definition) is 6. The summed E-state index contributed by atoms with van der Waals surface area (Å²) in [5.41, 5.74) is 6.16. The maximum Gasteiger partial charge on any atom is 0.341 e. The lowest BCUT2D eigenvalue weighted by molar-refractivity contribution is 0.0600. The number of carbonyl (C=O) groups excluding carboxylic acids is 1. The van der Waals surface area contributed by atoms with E-state index in [1.165, 1.54) is 7.11 Å². The number of piperidine rings is 1. The topological polar surface area (TPSA) is 88.7 Å².